The molecule has 1 aromatic carbocycles. The Bertz CT molecular complexity index is 371. The molecule has 1 atom stereocenters. The first-order chi connectivity index (χ1) is 7.00. The van der Waals surface area contributed by atoms with Crippen LogP contribution in [0.2, 0.25) is 0 Å². The van der Waals surface area contributed by atoms with Crippen molar-refractivity contribution in [3.8, 4) is 0 Å². The molecule has 0 heterocycles. The van der Waals surface area contributed by atoms with E-state index in [-0.39, 0.29) is 11.7 Å². The number of benzene rings is 1. The van der Waals surface area contributed by atoms with Crippen LogP contribution >= 0.6 is 11.6 Å². The Hall–Kier alpha value is -1.35. The molecule has 0 radical (unpaired) electrons. The van der Waals surface area contributed by atoms with E-state index in [1.165, 1.54) is 6.92 Å². The molecule has 0 bridgehead atoms. The van der Waals surface area contributed by atoms with E-state index in [4.69, 9.17) is 11.6 Å². The lowest BCUT2D eigenvalue weighted by Crippen LogP contribution is -2.11. The zero-order valence-corrected chi connectivity index (χ0v) is 9.34. The molecule has 1 rings (SSSR count). The maximum absolute atomic E-state index is 11.5. The van der Waals surface area contributed by atoms with Gasteiger partial charge in [-0.25, -0.2) is 0 Å². The Labute approximate surface area is 93.4 Å². The minimum atomic E-state index is -0.531. The summed E-state index contributed by atoms with van der Waals surface area (Å²) in [7, 11) is 0. The SMILES string of the molecule is CC(=O)Nc1ccc(C(=O)C(C)Cl)cc1. The number of Topliss-reactive ketones (excluding diaryl/α,β-unsaturated/α-hetero) is 1. The topological polar surface area (TPSA) is 46.2 Å². The van der Waals surface area contributed by atoms with Gasteiger partial charge in [0, 0.05) is 18.2 Å². The second kappa shape index (κ2) is 4.94. The van der Waals surface area contributed by atoms with E-state index in [1.807, 2.05) is 0 Å². The third-order valence-corrected chi connectivity index (χ3v) is 2.05. The van der Waals surface area contributed by atoms with Gasteiger partial charge >= 0.3 is 0 Å². The van der Waals surface area contributed by atoms with E-state index >= 15 is 0 Å². The van der Waals surface area contributed by atoms with Crippen LogP contribution in [0.1, 0.15) is 24.2 Å². The number of carbonyl (C=O) groups is 2. The highest BCUT2D eigenvalue weighted by atomic mass is 35.5. The zero-order valence-electron chi connectivity index (χ0n) is 8.58. The molecule has 0 aliphatic carbocycles. The molecule has 4 heteroatoms. The van der Waals surface area contributed by atoms with Gasteiger partial charge in [-0.05, 0) is 31.2 Å². The zero-order chi connectivity index (χ0) is 11.4. The summed E-state index contributed by atoms with van der Waals surface area (Å²) in [6.07, 6.45) is 0. The first-order valence-corrected chi connectivity index (χ1v) is 5.00. The van der Waals surface area contributed by atoms with E-state index in [2.05, 4.69) is 5.32 Å². The minimum Gasteiger partial charge on any atom is -0.326 e. The predicted octanol–water partition coefficient (Wildman–Crippen LogP) is 2.46. The average Bonchev–Trinajstić information content (AvgIpc) is 2.17. The van der Waals surface area contributed by atoms with E-state index in [0.29, 0.717) is 11.3 Å². The lowest BCUT2D eigenvalue weighted by Gasteiger charge is -2.04. The monoisotopic (exact) mass is 225 g/mol. The van der Waals surface area contributed by atoms with Gasteiger partial charge in [0.05, 0.1) is 5.38 Å². The Morgan fingerprint density at radius 3 is 2.20 bits per heavy atom. The largest absolute Gasteiger partial charge is 0.326 e. The van der Waals surface area contributed by atoms with Crippen molar-refractivity contribution in [1.82, 2.24) is 0 Å². The number of hydrogen-bond donors (Lipinski definition) is 1. The van der Waals surface area contributed by atoms with Crippen molar-refractivity contribution in [3.63, 3.8) is 0 Å². The van der Waals surface area contributed by atoms with Gasteiger partial charge in [-0.2, -0.15) is 0 Å². The summed E-state index contributed by atoms with van der Waals surface area (Å²) in [5.41, 5.74) is 1.22. The van der Waals surface area contributed by atoms with Crippen LogP contribution in [-0.2, 0) is 4.79 Å². The molecule has 0 fully saturated rings. The molecule has 80 valence electrons. The van der Waals surface area contributed by atoms with Gasteiger partial charge in [0.2, 0.25) is 5.91 Å². The minimum absolute atomic E-state index is 0.119. The third kappa shape index (κ3) is 3.36. The molecule has 1 N–H and O–H groups in total. The number of amides is 1. The molecule has 1 aromatic rings. The number of alkyl halides is 1. The van der Waals surface area contributed by atoms with Gasteiger partial charge in [-0.1, -0.05) is 0 Å². The van der Waals surface area contributed by atoms with Crippen molar-refractivity contribution in [1.29, 1.82) is 0 Å². The first-order valence-electron chi connectivity index (χ1n) is 4.56. The van der Waals surface area contributed by atoms with Crippen LogP contribution < -0.4 is 5.32 Å². The Morgan fingerprint density at radius 2 is 1.80 bits per heavy atom. The molecule has 0 spiro atoms. The molecule has 0 aromatic heterocycles. The normalized spacial score (nSPS) is 11.9. The van der Waals surface area contributed by atoms with Crippen LogP contribution in [0.25, 0.3) is 0 Å². The lowest BCUT2D eigenvalue weighted by molar-refractivity contribution is -0.114. The summed E-state index contributed by atoms with van der Waals surface area (Å²) in [6.45, 7) is 3.06. The summed E-state index contributed by atoms with van der Waals surface area (Å²) >= 11 is 5.67. The first kappa shape index (κ1) is 11.7. The van der Waals surface area contributed by atoms with Crippen molar-refractivity contribution in [2.24, 2.45) is 0 Å². The molecule has 1 amide bonds. The fraction of sp³-hybridized carbons (Fsp3) is 0.273. The smallest absolute Gasteiger partial charge is 0.221 e. The van der Waals surface area contributed by atoms with Gasteiger partial charge in [0.15, 0.2) is 5.78 Å². The van der Waals surface area contributed by atoms with E-state index in [0.717, 1.165) is 0 Å². The molecule has 0 saturated carbocycles. The van der Waals surface area contributed by atoms with Gasteiger partial charge in [0.1, 0.15) is 0 Å². The highest BCUT2D eigenvalue weighted by Gasteiger charge is 2.11. The molecule has 0 aliphatic rings. The summed E-state index contributed by atoms with van der Waals surface area (Å²) in [5, 5.41) is 2.09. The average molecular weight is 226 g/mol. The molecular formula is C11H12ClNO2. The number of rotatable bonds is 3. The maximum atomic E-state index is 11.5. The highest BCUT2D eigenvalue weighted by Crippen LogP contribution is 2.12. The second-order valence-corrected chi connectivity index (χ2v) is 3.89. The Balaban J connectivity index is 2.81. The molecule has 0 saturated heterocycles. The number of anilines is 1. The number of hydrogen-bond acceptors (Lipinski definition) is 2. The number of ketones is 1. The van der Waals surface area contributed by atoms with Crippen LogP contribution in [0.15, 0.2) is 24.3 Å². The highest BCUT2D eigenvalue weighted by molar-refractivity contribution is 6.33. The Morgan fingerprint density at radius 1 is 1.27 bits per heavy atom. The summed E-state index contributed by atoms with van der Waals surface area (Å²) in [6, 6.07) is 6.64. The lowest BCUT2D eigenvalue weighted by atomic mass is 10.1. The molecule has 15 heavy (non-hydrogen) atoms. The van der Waals surface area contributed by atoms with Gasteiger partial charge in [0.25, 0.3) is 0 Å². The van der Waals surface area contributed by atoms with Crippen molar-refractivity contribution in [3.05, 3.63) is 29.8 Å². The maximum Gasteiger partial charge on any atom is 0.221 e. The van der Waals surface area contributed by atoms with E-state index in [9.17, 15) is 9.59 Å². The Kier molecular flexibility index (Phi) is 3.86. The molecule has 3 nitrogen and oxygen atoms in total. The fourth-order valence-electron chi connectivity index (χ4n) is 1.15. The van der Waals surface area contributed by atoms with Gasteiger partial charge < -0.3 is 5.32 Å². The van der Waals surface area contributed by atoms with Crippen molar-refractivity contribution in [2.45, 2.75) is 19.2 Å². The number of carbonyl (C=O) groups excluding carboxylic acids is 2. The summed E-state index contributed by atoms with van der Waals surface area (Å²) < 4.78 is 0. The number of halogens is 1. The van der Waals surface area contributed by atoms with Crippen molar-refractivity contribution < 1.29 is 9.59 Å². The number of nitrogens with one attached hydrogen (secondary N) is 1. The second-order valence-electron chi connectivity index (χ2n) is 3.24. The van der Waals surface area contributed by atoms with Crippen molar-refractivity contribution >= 4 is 29.0 Å². The van der Waals surface area contributed by atoms with Crippen molar-refractivity contribution in [2.75, 3.05) is 5.32 Å². The molecule has 1 unspecified atom stereocenters. The third-order valence-electron chi connectivity index (χ3n) is 1.85. The van der Waals surface area contributed by atoms with Crippen LogP contribution in [0.3, 0.4) is 0 Å². The summed E-state index contributed by atoms with van der Waals surface area (Å²) in [5.74, 6) is -0.258. The molecular weight excluding hydrogens is 214 g/mol. The van der Waals surface area contributed by atoms with Crippen LogP contribution in [0, 0.1) is 0 Å². The van der Waals surface area contributed by atoms with Crippen LogP contribution in [0.5, 0.6) is 0 Å². The quantitative estimate of drug-likeness (QED) is 0.635. The van der Waals surface area contributed by atoms with Crippen LogP contribution in [0.4, 0.5) is 5.69 Å². The molecule has 0 aliphatic heterocycles. The van der Waals surface area contributed by atoms with Gasteiger partial charge in [-0.15, -0.1) is 11.6 Å². The summed E-state index contributed by atoms with van der Waals surface area (Å²) in [4.78, 5) is 22.2. The van der Waals surface area contributed by atoms with Gasteiger partial charge in [-0.3, -0.25) is 9.59 Å². The predicted molar refractivity (Wildman–Crippen MR) is 60.4 cm³/mol. The fourth-order valence-corrected chi connectivity index (χ4v) is 1.28. The van der Waals surface area contributed by atoms with E-state index in [1.54, 1.807) is 31.2 Å². The standard InChI is InChI=1S/C11H12ClNO2/c1-7(12)11(15)9-3-5-10(6-4-9)13-8(2)14/h3-7H,1-2H3,(H,13,14). The van der Waals surface area contributed by atoms with E-state index < -0.39 is 5.38 Å². The van der Waals surface area contributed by atoms with Crippen LogP contribution in [-0.4, -0.2) is 17.1 Å².